The number of benzene rings is 1. The summed E-state index contributed by atoms with van der Waals surface area (Å²) in [5.41, 5.74) is 7.04. The minimum atomic E-state index is 0.199. The van der Waals surface area contributed by atoms with E-state index in [4.69, 9.17) is 10.5 Å². The Labute approximate surface area is 119 Å². The maximum Gasteiger partial charge on any atom is 0.122 e. The molecule has 102 valence electrons. The second kappa shape index (κ2) is 6.73. The molecule has 3 heteroatoms. The van der Waals surface area contributed by atoms with Gasteiger partial charge in [0.1, 0.15) is 12.4 Å². The lowest BCUT2D eigenvalue weighted by molar-refractivity contribution is 0.309. The Kier molecular flexibility index (Phi) is 5.00. The summed E-state index contributed by atoms with van der Waals surface area (Å²) < 4.78 is 5.79. The van der Waals surface area contributed by atoms with E-state index < -0.39 is 0 Å². The maximum absolute atomic E-state index is 5.79. The van der Waals surface area contributed by atoms with Gasteiger partial charge in [0.2, 0.25) is 0 Å². The highest BCUT2D eigenvalue weighted by atomic mass is 32.1. The third-order valence-electron chi connectivity index (χ3n) is 2.93. The molecule has 1 heterocycles. The molecule has 0 aliphatic carbocycles. The van der Waals surface area contributed by atoms with Crippen molar-refractivity contribution >= 4 is 11.3 Å². The van der Waals surface area contributed by atoms with Crippen molar-refractivity contribution < 1.29 is 4.74 Å². The number of hydrogen-bond donors (Lipinski definition) is 1. The zero-order valence-electron chi connectivity index (χ0n) is 11.6. The molecule has 0 saturated heterocycles. The number of hydrogen-bond acceptors (Lipinski definition) is 3. The van der Waals surface area contributed by atoms with E-state index in [0.717, 1.165) is 18.6 Å². The highest BCUT2D eigenvalue weighted by Crippen LogP contribution is 2.20. The SMILES string of the molecule is CCc1ccc(COc2ccc(CC(C)N)cc2)s1. The molecule has 0 amide bonds. The maximum atomic E-state index is 5.79. The summed E-state index contributed by atoms with van der Waals surface area (Å²) in [7, 11) is 0. The third kappa shape index (κ3) is 4.37. The molecular weight excluding hydrogens is 254 g/mol. The van der Waals surface area contributed by atoms with Crippen molar-refractivity contribution in [2.45, 2.75) is 39.3 Å². The normalized spacial score (nSPS) is 12.4. The summed E-state index contributed by atoms with van der Waals surface area (Å²) in [4.78, 5) is 2.68. The van der Waals surface area contributed by atoms with Crippen molar-refractivity contribution in [3.63, 3.8) is 0 Å². The van der Waals surface area contributed by atoms with Crippen LogP contribution in [0.1, 0.15) is 29.2 Å². The molecule has 1 atom stereocenters. The highest BCUT2D eigenvalue weighted by Gasteiger charge is 2.01. The van der Waals surface area contributed by atoms with Crippen LogP contribution in [0, 0.1) is 0 Å². The van der Waals surface area contributed by atoms with Gasteiger partial charge in [0.05, 0.1) is 0 Å². The average molecular weight is 275 g/mol. The Bertz CT molecular complexity index is 502. The molecule has 2 rings (SSSR count). The fourth-order valence-corrected chi connectivity index (χ4v) is 2.81. The Morgan fingerprint density at radius 2 is 1.79 bits per heavy atom. The molecule has 0 saturated carbocycles. The summed E-state index contributed by atoms with van der Waals surface area (Å²) >= 11 is 1.82. The fraction of sp³-hybridized carbons (Fsp3) is 0.375. The first kappa shape index (κ1) is 14.1. The zero-order valence-corrected chi connectivity index (χ0v) is 12.4. The van der Waals surface area contributed by atoms with Gasteiger partial charge in [0.15, 0.2) is 0 Å². The van der Waals surface area contributed by atoms with Crippen LogP contribution in [-0.4, -0.2) is 6.04 Å². The van der Waals surface area contributed by atoms with Gasteiger partial charge in [0.25, 0.3) is 0 Å². The first-order valence-corrected chi connectivity index (χ1v) is 7.54. The summed E-state index contributed by atoms with van der Waals surface area (Å²) in [5, 5.41) is 0. The Balaban J connectivity index is 1.89. The van der Waals surface area contributed by atoms with Crippen LogP contribution in [0.3, 0.4) is 0 Å². The molecule has 1 aromatic heterocycles. The van der Waals surface area contributed by atoms with Gasteiger partial charge in [-0.1, -0.05) is 19.1 Å². The van der Waals surface area contributed by atoms with Gasteiger partial charge in [-0.2, -0.15) is 0 Å². The molecule has 0 aliphatic rings. The molecule has 0 aliphatic heterocycles. The molecule has 0 fully saturated rings. The smallest absolute Gasteiger partial charge is 0.122 e. The Morgan fingerprint density at radius 1 is 1.11 bits per heavy atom. The monoisotopic (exact) mass is 275 g/mol. The van der Waals surface area contributed by atoms with Gasteiger partial charge in [0, 0.05) is 15.8 Å². The number of thiophene rings is 1. The van der Waals surface area contributed by atoms with Gasteiger partial charge >= 0.3 is 0 Å². The topological polar surface area (TPSA) is 35.2 Å². The van der Waals surface area contributed by atoms with Gasteiger partial charge in [-0.25, -0.2) is 0 Å². The van der Waals surface area contributed by atoms with Crippen LogP contribution in [0.5, 0.6) is 5.75 Å². The number of rotatable bonds is 6. The quantitative estimate of drug-likeness (QED) is 0.870. The Morgan fingerprint density at radius 3 is 2.37 bits per heavy atom. The molecular formula is C16H21NOS. The molecule has 19 heavy (non-hydrogen) atoms. The van der Waals surface area contributed by atoms with Crippen LogP contribution in [0.2, 0.25) is 0 Å². The number of ether oxygens (including phenoxy) is 1. The highest BCUT2D eigenvalue weighted by molar-refractivity contribution is 7.11. The van der Waals surface area contributed by atoms with Crippen LogP contribution in [0.25, 0.3) is 0 Å². The first-order chi connectivity index (χ1) is 9.17. The van der Waals surface area contributed by atoms with Crippen LogP contribution in [-0.2, 0) is 19.4 Å². The minimum absolute atomic E-state index is 0.199. The lowest BCUT2D eigenvalue weighted by Crippen LogP contribution is -2.17. The summed E-state index contributed by atoms with van der Waals surface area (Å²) in [6.45, 7) is 4.84. The molecule has 0 spiro atoms. The summed E-state index contributed by atoms with van der Waals surface area (Å²) in [6.07, 6.45) is 2.00. The standard InChI is InChI=1S/C16H21NOS/c1-3-15-8-9-16(19-15)11-18-14-6-4-13(5-7-14)10-12(2)17/h4-9,12H,3,10-11,17H2,1-2H3. The van der Waals surface area contributed by atoms with Gasteiger partial charge in [-0.05, 0) is 49.6 Å². The lowest BCUT2D eigenvalue weighted by atomic mass is 10.1. The molecule has 2 aromatic rings. The van der Waals surface area contributed by atoms with E-state index in [2.05, 4.69) is 31.2 Å². The van der Waals surface area contributed by atoms with E-state index >= 15 is 0 Å². The van der Waals surface area contributed by atoms with Crippen molar-refractivity contribution in [2.24, 2.45) is 5.73 Å². The molecule has 1 unspecified atom stereocenters. The number of nitrogens with two attached hydrogens (primary N) is 1. The zero-order chi connectivity index (χ0) is 13.7. The number of aryl methyl sites for hydroxylation is 1. The predicted molar refractivity (Wildman–Crippen MR) is 81.8 cm³/mol. The molecule has 2 N–H and O–H groups in total. The second-order valence-electron chi connectivity index (χ2n) is 4.84. The fourth-order valence-electron chi connectivity index (χ4n) is 1.94. The van der Waals surface area contributed by atoms with Crippen molar-refractivity contribution in [1.29, 1.82) is 0 Å². The second-order valence-corrected chi connectivity index (χ2v) is 6.09. The third-order valence-corrected chi connectivity index (χ3v) is 4.13. The van der Waals surface area contributed by atoms with E-state index in [1.807, 2.05) is 30.4 Å². The summed E-state index contributed by atoms with van der Waals surface area (Å²) in [5.74, 6) is 0.917. The lowest BCUT2D eigenvalue weighted by Gasteiger charge is -2.07. The summed E-state index contributed by atoms with van der Waals surface area (Å²) in [6, 6.07) is 12.7. The van der Waals surface area contributed by atoms with Crippen LogP contribution < -0.4 is 10.5 Å². The van der Waals surface area contributed by atoms with Crippen LogP contribution in [0.4, 0.5) is 0 Å². The van der Waals surface area contributed by atoms with E-state index in [9.17, 15) is 0 Å². The van der Waals surface area contributed by atoms with Crippen LogP contribution >= 0.6 is 11.3 Å². The first-order valence-electron chi connectivity index (χ1n) is 6.72. The van der Waals surface area contributed by atoms with Gasteiger partial charge < -0.3 is 10.5 Å². The minimum Gasteiger partial charge on any atom is -0.488 e. The van der Waals surface area contributed by atoms with Crippen molar-refractivity contribution in [1.82, 2.24) is 0 Å². The van der Waals surface area contributed by atoms with E-state index in [-0.39, 0.29) is 6.04 Å². The van der Waals surface area contributed by atoms with Crippen LogP contribution in [0.15, 0.2) is 36.4 Å². The van der Waals surface area contributed by atoms with E-state index in [0.29, 0.717) is 6.61 Å². The molecule has 2 nitrogen and oxygen atoms in total. The van der Waals surface area contributed by atoms with Crippen molar-refractivity contribution in [3.05, 3.63) is 51.7 Å². The van der Waals surface area contributed by atoms with Gasteiger partial charge in [-0.15, -0.1) is 11.3 Å². The molecule has 0 bridgehead atoms. The Hall–Kier alpha value is -1.32. The average Bonchev–Trinajstić information content (AvgIpc) is 2.85. The van der Waals surface area contributed by atoms with Crippen molar-refractivity contribution in [2.75, 3.05) is 0 Å². The molecule has 1 aromatic carbocycles. The molecule has 0 radical (unpaired) electrons. The van der Waals surface area contributed by atoms with Gasteiger partial charge in [-0.3, -0.25) is 0 Å². The van der Waals surface area contributed by atoms with Crippen molar-refractivity contribution in [3.8, 4) is 5.75 Å². The van der Waals surface area contributed by atoms with E-state index in [1.165, 1.54) is 15.3 Å². The largest absolute Gasteiger partial charge is 0.488 e. The predicted octanol–water partition coefficient (Wildman–Crippen LogP) is 3.78. The van der Waals surface area contributed by atoms with E-state index in [1.54, 1.807) is 0 Å².